The van der Waals surface area contributed by atoms with E-state index in [4.69, 9.17) is 9.47 Å². The number of hydrogen-bond acceptors (Lipinski definition) is 3. The molecule has 0 radical (unpaired) electrons. The first-order valence-corrected chi connectivity index (χ1v) is 6.48. The fourth-order valence-electron chi connectivity index (χ4n) is 3.86. The number of rotatable bonds is 0. The highest BCUT2D eigenvalue weighted by Crippen LogP contribution is 2.54. The minimum atomic E-state index is -0.399. The van der Waals surface area contributed by atoms with E-state index in [0.29, 0.717) is 19.1 Å². The summed E-state index contributed by atoms with van der Waals surface area (Å²) in [6.07, 6.45) is 7.66. The molecule has 3 heteroatoms. The third-order valence-corrected chi connectivity index (χ3v) is 4.70. The number of ether oxygens (including phenoxy) is 2. The molecule has 0 aromatic carbocycles. The molecular weight excluding hydrogens is 202 g/mol. The van der Waals surface area contributed by atoms with Crippen molar-refractivity contribution in [2.24, 2.45) is 11.3 Å². The lowest BCUT2D eigenvalue weighted by atomic mass is 9.59. The van der Waals surface area contributed by atoms with Gasteiger partial charge in [-0.3, -0.25) is 0 Å². The molecular formula is C13H19NO2. The van der Waals surface area contributed by atoms with Crippen LogP contribution in [0.3, 0.4) is 0 Å². The Morgan fingerprint density at radius 3 is 2.62 bits per heavy atom. The maximum atomic E-state index is 9.56. The summed E-state index contributed by atoms with van der Waals surface area (Å²) in [5, 5.41) is 9.56. The van der Waals surface area contributed by atoms with Crippen molar-refractivity contribution < 1.29 is 9.47 Å². The monoisotopic (exact) mass is 221 g/mol. The molecule has 0 N–H and O–H groups in total. The molecule has 1 heterocycles. The van der Waals surface area contributed by atoms with Gasteiger partial charge in [-0.1, -0.05) is 12.8 Å². The van der Waals surface area contributed by atoms with Gasteiger partial charge < -0.3 is 9.47 Å². The van der Waals surface area contributed by atoms with Crippen molar-refractivity contribution in [1.29, 1.82) is 5.26 Å². The number of hydrogen-bond donors (Lipinski definition) is 0. The lowest BCUT2D eigenvalue weighted by Gasteiger charge is -2.48. The van der Waals surface area contributed by atoms with Gasteiger partial charge in [0.1, 0.15) is 0 Å². The summed E-state index contributed by atoms with van der Waals surface area (Å²) in [6, 6.07) is 2.61. The highest BCUT2D eigenvalue weighted by Gasteiger charge is 2.54. The van der Waals surface area contributed by atoms with Crippen LogP contribution in [-0.4, -0.2) is 19.0 Å². The molecule has 1 aliphatic heterocycles. The molecule has 0 aromatic rings. The average molecular weight is 221 g/mol. The molecule has 1 spiro atoms. The highest BCUT2D eigenvalue weighted by atomic mass is 16.7. The van der Waals surface area contributed by atoms with E-state index in [0.717, 1.165) is 25.7 Å². The predicted octanol–water partition coefficient (Wildman–Crippen LogP) is 2.61. The van der Waals surface area contributed by atoms with Gasteiger partial charge in [-0.25, -0.2) is 0 Å². The normalized spacial score (nSPS) is 41.6. The van der Waals surface area contributed by atoms with Gasteiger partial charge in [0.2, 0.25) is 0 Å². The fraction of sp³-hybridized carbons (Fsp3) is 0.923. The summed E-state index contributed by atoms with van der Waals surface area (Å²) < 4.78 is 11.6. The van der Waals surface area contributed by atoms with Gasteiger partial charge in [0.25, 0.3) is 0 Å². The van der Waals surface area contributed by atoms with Crippen LogP contribution >= 0.6 is 0 Å². The minimum absolute atomic E-state index is 0.152. The van der Waals surface area contributed by atoms with Crippen molar-refractivity contribution in [1.82, 2.24) is 0 Å². The van der Waals surface area contributed by atoms with Gasteiger partial charge in [-0.05, 0) is 25.2 Å². The molecule has 88 valence electrons. The molecule has 0 amide bonds. The molecule has 16 heavy (non-hydrogen) atoms. The zero-order valence-corrected chi connectivity index (χ0v) is 9.71. The third kappa shape index (κ3) is 1.48. The summed E-state index contributed by atoms with van der Waals surface area (Å²) in [7, 11) is 0. The van der Waals surface area contributed by atoms with E-state index in [2.05, 4.69) is 6.07 Å². The van der Waals surface area contributed by atoms with Crippen LogP contribution in [0.5, 0.6) is 0 Å². The van der Waals surface area contributed by atoms with E-state index < -0.39 is 5.79 Å². The van der Waals surface area contributed by atoms with Crippen molar-refractivity contribution in [2.45, 2.75) is 50.7 Å². The van der Waals surface area contributed by atoms with Gasteiger partial charge in [0.15, 0.2) is 5.79 Å². The molecule has 2 atom stereocenters. The van der Waals surface area contributed by atoms with E-state index in [1.165, 1.54) is 19.3 Å². The lowest BCUT2D eigenvalue weighted by Crippen LogP contribution is -2.47. The molecule has 3 aliphatic rings. The van der Waals surface area contributed by atoms with Crippen molar-refractivity contribution in [3.63, 3.8) is 0 Å². The molecule has 3 fully saturated rings. The fourth-order valence-corrected chi connectivity index (χ4v) is 3.86. The van der Waals surface area contributed by atoms with Gasteiger partial charge in [-0.2, -0.15) is 5.26 Å². The Labute approximate surface area is 96.7 Å². The SMILES string of the molecule is N#C[C@@]12CCCC[C@@H]1CCC1(C2)OCCO1. The molecule has 0 unspecified atom stereocenters. The zero-order valence-electron chi connectivity index (χ0n) is 9.71. The van der Waals surface area contributed by atoms with Crippen LogP contribution in [0.2, 0.25) is 0 Å². The smallest absolute Gasteiger partial charge is 0.170 e. The highest BCUT2D eigenvalue weighted by molar-refractivity contribution is 5.10. The number of nitrogens with zero attached hydrogens (tertiary/aromatic N) is 1. The van der Waals surface area contributed by atoms with Crippen LogP contribution in [-0.2, 0) is 9.47 Å². The average Bonchev–Trinajstić information content (AvgIpc) is 2.77. The van der Waals surface area contributed by atoms with E-state index in [1.54, 1.807) is 0 Å². The standard InChI is InChI=1S/C13H19NO2/c14-10-12-5-2-1-3-11(12)4-6-13(9-12)15-7-8-16-13/h11H,1-9H2/t11-,12+/m1/s1. The molecule has 1 saturated heterocycles. The van der Waals surface area contributed by atoms with Gasteiger partial charge >= 0.3 is 0 Å². The maximum absolute atomic E-state index is 9.56. The predicted molar refractivity (Wildman–Crippen MR) is 58.5 cm³/mol. The first-order valence-electron chi connectivity index (χ1n) is 6.48. The first-order chi connectivity index (χ1) is 7.79. The van der Waals surface area contributed by atoms with E-state index in [9.17, 15) is 5.26 Å². The number of nitriles is 1. The first kappa shape index (κ1) is 10.6. The quantitative estimate of drug-likeness (QED) is 0.631. The summed E-state index contributed by atoms with van der Waals surface area (Å²) in [5.41, 5.74) is -0.152. The molecule has 0 aromatic heterocycles. The van der Waals surface area contributed by atoms with E-state index >= 15 is 0 Å². The second-order valence-corrected chi connectivity index (χ2v) is 5.53. The Hall–Kier alpha value is -0.590. The molecule has 3 rings (SSSR count). The van der Waals surface area contributed by atoms with Crippen molar-refractivity contribution in [3.8, 4) is 6.07 Å². The Balaban J connectivity index is 1.85. The van der Waals surface area contributed by atoms with Crippen LogP contribution in [0.15, 0.2) is 0 Å². The Morgan fingerprint density at radius 2 is 1.88 bits per heavy atom. The van der Waals surface area contributed by atoms with Crippen LogP contribution in [0, 0.1) is 22.7 Å². The Kier molecular flexibility index (Phi) is 2.45. The second kappa shape index (κ2) is 3.72. The zero-order chi connectivity index (χ0) is 11.1. The summed E-state index contributed by atoms with van der Waals surface area (Å²) >= 11 is 0. The molecule has 3 nitrogen and oxygen atoms in total. The van der Waals surface area contributed by atoms with E-state index in [-0.39, 0.29) is 5.41 Å². The minimum Gasteiger partial charge on any atom is -0.347 e. The lowest BCUT2D eigenvalue weighted by molar-refractivity contribution is -0.209. The Morgan fingerprint density at radius 1 is 1.06 bits per heavy atom. The van der Waals surface area contributed by atoms with Crippen LogP contribution < -0.4 is 0 Å². The second-order valence-electron chi connectivity index (χ2n) is 5.53. The topological polar surface area (TPSA) is 42.2 Å². The third-order valence-electron chi connectivity index (χ3n) is 4.70. The number of fused-ring (bicyclic) bond motifs is 1. The molecule has 2 aliphatic carbocycles. The summed E-state index contributed by atoms with van der Waals surface area (Å²) in [4.78, 5) is 0. The van der Waals surface area contributed by atoms with Crippen LogP contribution in [0.25, 0.3) is 0 Å². The summed E-state index contributed by atoms with van der Waals surface area (Å²) in [5.74, 6) is 0.188. The van der Waals surface area contributed by atoms with Crippen LogP contribution in [0.4, 0.5) is 0 Å². The molecule has 0 bridgehead atoms. The largest absolute Gasteiger partial charge is 0.347 e. The van der Waals surface area contributed by atoms with Crippen LogP contribution in [0.1, 0.15) is 44.9 Å². The maximum Gasteiger partial charge on any atom is 0.170 e. The molecule has 2 saturated carbocycles. The van der Waals surface area contributed by atoms with E-state index in [1.807, 2.05) is 0 Å². The van der Waals surface area contributed by atoms with Crippen molar-refractivity contribution >= 4 is 0 Å². The van der Waals surface area contributed by atoms with Gasteiger partial charge in [0, 0.05) is 12.8 Å². The Bertz CT molecular complexity index is 316. The summed E-state index contributed by atoms with van der Waals surface area (Å²) in [6.45, 7) is 1.40. The van der Waals surface area contributed by atoms with Gasteiger partial charge in [-0.15, -0.1) is 0 Å². The van der Waals surface area contributed by atoms with Crippen molar-refractivity contribution in [2.75, 3.05) is 13.2 Å². The van der Waals surface area contributed by atoms with Gasteiger partial charge in [0.05, 0.1) is 24.7 Å². The van der Waals surface area contributed by atoms with Crippen molar-refractivity contribution in [3.05, 3.63) is 0 Å².